The number of rotatable bonds is 3. The van der Waals surface area contributed by atoms with Crippen molar-refractivity contribution in [3.8, 4) is 11.6 Å². The van der Waals surface area contributed by atoms with Gasteiger partial charge >= 0.3 is 5.97 Å². The van der Waals surface area contributed by atoms with Gasteiger partial charge in [0.25, 0.3) is 5.88 Å². The highest BCUT2D eigenvalue weighted by molar-refractivity contribution is 5.92. The van der Waals surface area contributed by atoms with E-state index >= 15 is 0 Å². The van der Waals surface area contributed by atoms with Crippen molar-refractivity contribution in [1.29, 1.82) is 0 Å². The van der Waals surface area contributed by atoms with E-state index in [9.17, 15) is 14.3 Å². The minimum absolute atomic E-state index is 0.0684. The van der Waals surface area contributed by atoms with Crippen molar-refractivity contribution in [3.05, 3.63) is 46.4 Å². The Bertz CT molecular complexity index is 686. The highest BCUT2D eigenvalue weighted by Gasteiger charge is 2.20. The molecule has 0 atom stereocenters. The van der Waals surface area contributed by atoms with Crippen LogP contribution in [0.4, 0.5) is 4.39 Å². The van der Waals surface area contributed by atoms with Gasteiger partial charge in [-0.2, -0.15) is 5.10 Å². The second kappa shape index (κ2) is 5.24. The van der Waals surface area contributed by atoms with Crippen LogP contribution in [0.5, 0.6) is 11.6 Å². The first kappa shape index (κ1) is 13.9. The lowest BCUT2D eigenvalue weighted by atomic mass is 10.1. The third-order valence-corrected chi connectivity index (χ3v) is 2.99. The van der Waals surface area contributed by atoms with Gasteiger partial charge in [-0.15, -0.1) is 5.10 Å². The van der Waals surface area contributed by atoms with Crippen molar-refractivity contribution < 1.29 is 19.0 Å². The molecule has 2 rings (SSSR count). The Hall–Kier alpha value is -2.50. The second-order valence-electron chi connectivity index (χ2n) is 4.41. The van der Waals surface area contributed by atoms with Crippen molar-refractivity contribution in [1.82, 2.24) is 10.2 Å². The summed E-state index contributed by atoms with van der Waals surface area (Å²) in [5, 5.41) is 16.8. The second-order valence-corrected chi connectivity index (χ2v) is 4.41. The first-order valence-electron chi connectivity index (χ1n) is 5.91. The Morgan fingerprint density at radius 3 is 2.60 bits per heavy atom. The van der Waals surface area contributed by atoms with E-state index in [0.717, 1.165) is 0 Å². The number of halogens is 1. The molecular formula is C14H13FN2O3. The molecule has 0 aliphatic heterocycles. The molecule has 0 aliphatic rings. The number of carboxylic acid groups (broad SMARTS) is 1. The number of hydrogen-bond donors (Lipinski definition) is 1. The number of aryl methyl sites for hydroxylation is 2. The number of aromatic carboxylic acids is 1. The first-order valence-corrected chi connectivity index (χ1v) is 5.91. The van der Waals surface area contributed by atoms with Gasteiger partial charge in [0.15, 0.2) is 0 Å². The Labute approximate surface area is 115 Å². The van der Waals surface area contributed by atoms with Crippen molar-refractivity contribution in [2.24, 2.45) is 0 Å². The lowest BCUT2D eigenvalue weighted by Gasteiger charge is -2.11. The molecule has 1 N–H and O–H groups in total. The van der Waals surface area contributed by atoms with Crippen LogP contribution in [0, 0.1) is 26.6 Å². The predicted molar refractivity (Wildman–Crippen MR) is 69.7 cm³/mol. The van der Waals surface area contributed by atoms with Gasteiger partial charge in [0, 0.05) is 6.07 Å². The summed E-state index contributed by atoms with van der Waals surface area (Å²) in [6.07, 6.45) is 0. The topological polar surface area (TPSA) is 72.3 Å². The molecule has 5 nitrogen and oxygen atoms in total. The molecule has 2 aromatic rings. The van der Waals surface area contributed by atoms with Crippen LogP contribution in [-0.2, 0) is 0 Å². The lowest BCUT2D eigenvalue weighted by Crippen LogP contribution is -2.08. The molecule has 0 saturated carbocycles. The van der Waals surface area contributed by atoms with E-state index in [-0.39, 0.29) is 17.2 Å². The van der Waals surface area contributed by atoms with Crippen LogP contribution in [0.15, 0.2) is 18.2 Å². The lowest BCUT2D eigenvalue weighted by molar-refractivity contribution is 0.0692. The first-order chi connectivity index (χ1) is 9.40. The van der Waals surface area contributed by atoms with Gasteiger partial charge in [-0.25, -0.2) is 9.18 Å². The van der Waals surface area contributed by atoms with Gasteiger partial charge in [0.2, 0.25) is 0 Å². The SMILES string of the molecule is Cc1ccc(F)cc1Oc1nnc(C)c(C)c1C(=O)O. The molecule has 104 valence electrons. The van der Waals surface area contributed by atoms with Gasteiger partial charge in [-0.1, -0.05) is 6.07 Å². The van der Waals surface area contributed by atoms with E-state index in [4.69, 9.17) is 4.74 Å². The molecule has 20 heavy (non-hydrogen) atoms. The third-order valence-electron chi connectivity index (χ3n) is 2.99. The van der Waals surface area contributed by atoms with Gasteiger partial charge in [-0.3, -0.25) is 0 Å². The van der Waals surface area contributed by atoms with Crippen LogP contribution in [0.2, 0.25) is 0 Å². The molecule has 1 aromatic carbocycles. The molecule has 0 aliphatic carbocycles. The van der Waals surface area contributed by atoms with Crippen molar-refractivity contribution in [3.63, 3.8) is 0 Å². The number of carbonyl (C=O) groups is 1. The molecule has 6 heteroatoms. The largest absolute Gasteiger partial charge is 0.477 e. The summed E-state index contributed by atoms with van der Waals surface area (Å²) in [6.45, 7) is 5.01. The summed E-state index contributed by atoms with van der Waals surface area (Å²) in [7, 11) is 0. The molecule has 0 bridgehead atoms. The molecule has 0 fully saturated rings. The van der Waals surface area contributed by atoms with Crippen molar-refractivity contribution >= 4 is 5.97 Å². The van der Waals surface area contributed by atoms with E-state index in [1.165, 1.54) is 12.1 Å². The highest BCUT2D eigenvalue weighted by Crippen LogP contribution is 2.28. The Balaban J connectivity index is 2.51. The van der Waals surface area contributed by atoms with Crippen LogP contribution in [0.1, 0.15) is 27.2 Å². The predicted octanol–water partition coefficient (Wildman–Crippen LogP) is 3.03. The van der Waals surface area contributed by atoms with Gasteiger partial charge in [0.05, 0.1) is 5.69 Å². The van der Waals surface area contributed by atoms with E-state index in [1.807, 2.05) is 0 Å². The number of carboxylic acids is 1. The smallest absolute Gasteiger partial charge is 0.341 e. The maximum atomic E-state index is 13.2. The van der Waals surface area contributed by atoms with Crippen LogP contribution in [-0.4, -0.2) is 21.3 Å². The molecule has 0 radical (unpaired) electrons. The fraction of sp³-hybridized carbons (Fsp3) is 0.214. The molecule has 0 saturated heterocycles. The van der Waals surface area contributed by atoms with Gasteiger partial charge in [-0.05, 0) is 38.0 Å². The molecule has 1 aromatic heterocycles. The maximum absolute atomic E-state index is 13.2. The zero-order chi connectivity index (χ0) is 14.9. The van der Waals surface area contributed by atoms with Crippen LogP contribution in [0.25, 0.3) is 0 Å². The van der Waals surface area contributed by atoms with Gasteiger partial charge in [0.1, 0.15) is 17.1 Å². The summed E-state index contributed by atoms with van der Waals surface area (Å²) in [6, 6.07) is 4.02. The van der Waals surface area contributed by atoms with E-state index in [1.54, 1.807) is 26.8 Å². The number of aromatic nitrogens is 2. The Morgan fingerprint density at radius 2 is 1.95 bits per heavy atom. The number of nitrogens with zero attached hydrogens (tertiary/aromatic N) is 2. The molecule has 0 amide bonds. The summed E-state index contributed by atoms with van der Waals surface area (Å²) in [5.74, 6) is -1.57. The van der Waals surface area contributed by atoms with Crippen LogP contribution >= 0.6 is 0 Å². The van der Waals surface area contributed by atoms with Crippen molar-refractivity contribution in [2.45, 2.75) is 20.8 Å². The van der Waals surface area contributed by atoms with Crippen LogP contribution < -0.4 is 4.74 Å². The zero-order valence-electron chi connectivity index (χ0n) is 11.3. The summed E-state index contributed by atoms with van der Waals surface area (Å²) < 4.78 is 18.6. The summed E-state index contributed by atoms with van der Waals surface area (Å²) in [4.78, 5) is 11.3. The van der Waals surface area contributed by atoms with E-state index in [2.05, 4.69) is 10.2 Å². The molecule has 1 heterocycles. The average molecular weight is 276 g/mol. The quantitative estimate of drug-likeness (QED) is 0.932. The molecular weight excluding hydrogens is 263 g/mol. The minimum Gasteiger partial charge on any atom is -0.477 e. The van der Waals surface area contributed by atoms with Crippen LogP contribution in [0.3, 0.4) is 0 Å². The average Bonchev–Trinajstić information content (AvgIpc) is 2.38. The molecule has 0 unspecified atom stereocenters. The Morgan fingerprint density at radius 1 is 1.25 bits per heavy atom. The van der Waals surface area contributed by atoms with E-state index in [0.29, 0.717) is 16.8 Å². The number of ether oxygens (including phenoxy) is 1. The third kappa shape index (κ3) is 2.59. The summed E-state index contributed by atoms with van der Waals surface area (Å²) in [5.41, 5.74) is 1.58. The number of benzene rings is 1. The normalized spacial score (nSPS) is 10.4. The van der Waals surface area contributed by atoms with Gasteiger partial charge < -0.3 is 9.84 Å². The maximum Gasteiger partial charge on any atom is 0.341 e. The molecule has 0 spiro atoms. The highest BCUT2D eigenvalue weighted by atomic mass is 19.1. The Kier molecular flexibility index (Phi) is 3.65. The number of hydrogen-bond acceptors (Lipinski definition) is 4. The minimum atomic E-state index is -1.16. The fourth-order valence-corrected chi connectivity index (χ4v) is 1.70. The fourth-order valence-electron chi connectivity index (χ4n) is 1.70. The summed E-state index contributed by atoms with van der Waals surface area (Å²) >= 11 is 0. The van der Waals surface area contributed by atoms with Crippen molar-refractivity contribution in [2.75, 3.05) is 0 Å². The standard InChI is InChI=1S/C14H13FN2O3/c1-7-4-5-10(15)6-11(7)20-13-12(14(18)19)8(2)9(3)16-17-13/h4-6H,1-3H3,(H,18,19). The zero-order valence-corrected chi connectivity index (χ0v) is 11.3. The monoisotopic (exact) mass is 276 g/mol. The van der Waals surface area contributed by atoms with E-state index < -0.39 is 11.8 Å².